The topological polar surface area (TPSA) is 95.2 Å². The van der Waals surface area contributed by atoms with Gasteiger partial charge in [0.15, 0.2) is 0 Å². The minimum atomic E-state index is -2.34. The first-order chi connectivity index (χ1) is 18.9. The van der Waals surface area contributed by atoms with Crippen LogP contribution in [0.3, 0.4) is 0 Å². The molecule has 12 heteroatoms. The first-order valence-electron chi connectivity index (χ1n) is 13.6. The SMILES string of the molecule is Cc1cc(-c2cn(-c3ccc(NSCCO)cc3N3CCC4(CC3)CC4)nn2)nc(N2CCC(C(F)F)C2)n1. The lowest BCUT2D eigenvalue weighted by Crippen LogP contribution is -2.35. The average Bonchev–Trinajstić information content (AvgIpc) is 3.33. The maximum atomic E-state index is 13.2. The van der Waals surface area contributed by atoms with Crippen molar-refractivity contribution in [1.82, 2.24) is 25.0 Å². The van der Waals surface area contributed by atoms with Crippen molar-refractivity contribution in [3.63, 3.8) is 0 Å². The van der Waals surface area contributed by atoms with E-state index in [1.807, 2.05) is 36.2 Å². The molecule has 0 amide bonds. The van der Waals surface area contributed by atoms with Crippen molar-refractivity contribution in [3.8, 4) is 17.1 Å². The molecule has 9 nitrogen and oxygen atoms in total. The van der Waals surface area contributed by atoms with Gasteiger partial charge in [-0.05, 0) is 68.7 Å². The fourth-order valence-electron chi connectivity index (χ4n) is 5.61. The predicted molar refractivity (Wildman–Crippen MR) is 150 cm³/mol. The number of aryl methyl sites for hydroxylation is 1. The molecule has 2 saturated heterocycles. The second kappa shape index (κ2) is 10.9. The lowest BCUT2D eigenvalue weighted by molar-refractivity contribution is 0.0879. The zero-order chi connectivity index (χ0) is 27.0. The summed E-state index contributed by atoms with van der Waals surface area (Å²) in [5, 5.41) is 18.0. The van der Waals surface area contributed by atoms with E-state index in [0.29, 0.717) is 41.5 Å². The van der Waals surface area contributed by atoms with Crippen LogP contribution in [0, 0.1) is 18.3 Å². The predicted octanol–water partition coefficient (Wildman–Crippen LogP) is 4.56. The van der Waals surface area contributed by atoms with Crippen molar-refractivity contribution in [2.45, 2.75) is 45.5 Å². The Labute approximate surface area is 231 Å². The number of aromatic nitrogens is 5. The van der Waals surface area contributed by atoms with Crippen LogP contribution < -0.4 is 14.5 Å². The first-order valence-corrected chi connectivity index (χ1v) is 14.6. The number of anilines is 3. The molecule has 39 heavy (non-hydrogen) atoms. The van der Waals surface area contributed by atoms with Crippen molar-refractivity contribution in [2.75, 3.05) is 53.1 Å². The van der Waals surface area contributed by atoms with Crippen LogP contribution in [0.2, 0.25) is 0 Å². The summed E-state index contributed by atoms with van der Waals surface area (Å²) >= 11 is 1.48. The van der Waals surface area contributed by atoms with E-state index in [0.717, 1.165) is 35.8 Å². The molecule has 1 aromatic carbocycles. The molecule has 2 N–H and O–H groups in total. The van der Waals surface area contributed by atoms with Gasteiger partial charge in [-0.15, -0.1) is 5.10 Å². The van der Waals surface area contributed by atoms with Gasteiger partial charge in [0.05, 0.1) is 29.9 Å². The van der Waals surface area contributed by atoms with E-state index in [9.17, 15) is 8.78 Å². The summed E-state index contributed by atoms with van der Waals surface area (Å²) in [7, 11) is 0. The summed E-state index contributed by atoms with van der Waals surface area (Å²) in [5.41, 5.74) is 5.55. The Kier molecular flexibility index (Phi) is 7.32. The molecule has 2 aromatic heterocycles. The molecule has 1 unspecified atom stereocenters. The fourth-order valence-corrected chi connectivity index (χ4v) is 6.10. The molecule has 0 radical (unpaired) electrons. The summed E-state index contributed by atoms with van der Waals surface area (Å²) in [6, 6.07) is 8.05. The summed E-state index contributed by atoms with van der Waals surface area (Å²) < 4.78 is 31.6. The van der Waals surface area contributed by atoms with E-state index < -0.39 is 12.3 Å². The zero-order valence-electron chi connectivity index (χ0n) is 22.1. The van der Waals surface area contributed by atoms with Crippen molar-refractivity contribution in [3.05, 3.63) is 36.2 Å². The lowest BCUT2D eigenvalue weighted by atomic mass is 9.93. The monoisotopic (exact) mass is 556 g/mol. The smallest absolute Gasteiger partial charge is 0.243 e. The minimum Gasteiger partial charge on any atom is -0.395 e. The van der Waals surface area contributed by atoms with Crippen LogP contribution in [0.25, 0.3) is 17.1 Å². The number of nitrogens with one attached hydrogen (secondary N) is 1. The van der Waals surface area contributed by atoms with Gasteiger partial charge in [-0.25, -0.2) is 23.4 Å². The van der Waals surface area contributed by atoms with E-state index in [2.05, 4.69) is 36.0 Å². The highest BCUT2D eigenvalue weighted by atomic mass is 32.2. The Morgan fingerprint density at radius 3 is 2.59 bits per heavy atom. The Morgan fingerprint density at radius 2 is 1.87 bits per heavy atom. The molecule has 208 valence electrons. The van der Waals surface area contributed by atoms with Gasteiger partial charge in [-0.2, -0.15) is 0 Å². The van der Waals surface area contributed by atoms with Crippen LogP contribution in [-0.4, -0.2) is 75.0 Å². The molecule has 1 aliphatic carbocycles. The molecule has 1 spiro atoms. The van der Waals surface area contributed by atoms with Crippen LogP contribution in [0.1, 0.15) is 37.8 Å². The quantitative estimate of drug-likeness (QED) is 0.291. The van der Waals surface area contributed by atoms with E-state index in [1.165, 1.54) is 37.6 Å². The van der Waals surface area contributed by atoms with Gasteiger partial charge >= 0.3 is 0 Å². The van der Waals surface area contributed by atoms with Gasteiger partial charge in [0.25, 0.3) is 0 Å². The number of hydrogen-bond donors (Lipinski definition) is 2. The summed E-state index contributed by atoms with van der Waals surface area (Å²) in [5.74, 6) is 0.415. The normalized spacial score (nSPS) is 20.3. The van der Waals surface area contributed by atoms with E-state index in [1.54, 1.807) is 4.68 Å². The Morgan fingerprint density at radius 1 is 1.05 bits per heavy atom. The van der Waals surface area contributed by atoms with Gasteiger partial charge in [0, 0.05) is 49.2 Å². The van der Waals surface area contributed by atoms with Crippen LogP contribution in [0.4, 0.5) is 26.1 Å². The molecular formula is C27H34F2N8OS. The summed E-state index contributed by atoms with van der Waals surface area (Å²) in [6.45, 7) is 4.78. The van der Waals surface area contributed by atoms with Gasteiger partial charge in [-0.3, -0.25) is 0 Å². The zero-order valence-corrected chi connectivity index (χ0v) is 22.9. The molecule has 2 aliphatic heterocycles. The van der Waals surface area contributed by atoms with Crippen LogP contribution in [-0.2, 0) is 0 Å². The second-order valence-corrected chi connectivity index (χ2v) is 11.8. The van der Waals surface area contributed by atoms with Crippen molar-refractivity contribution in [2.24, 2.45) is 11.3 Å². The van der Waals surface area contributed by atoms with Gasteiger partial charge in [-0.1, -0.05) is 17.2 Å². The molecule has 0 bridgehead atoms. The Hall–Kier alpha value is -2.99. The number of nitrogens with zero attached hydrogens (tertiary/aromatic N) is 7. The largest absolute Gasteiger partial charge is 0.395 e. The van der Waals surface area contributed by atoms with E-state index in [4.69, 9.17) is 5.11 Å². The fraction of sp³-hybridized carbons (Fsp3) is 0.556. The Bertz CT molecular complexity index is 1310. The molecule has 1 atom stereocenters. The Balaban J connectivity index is 1.27. The molecule has 6 rings (SSSR count). The second-order valence-electron chi connectivity index (χ2n) is 10.9. The maximum Gasteiger partial charge on any atom is 0.243 e. The number of benzene rings is 1. The maximum absolute atomic E-state index is 13.2. The highest BCUT2D eigenvalue weighted by Gasteiger charge is 2.44. The minimum absolute atomic E-state index is 0.118. The first kappa shape index (κ1) is 26.2. The van der Waals surface area contributed by atoms with Crippen molar-refractivity contribution < 1.29 is 13.9 Å². The molecule has 1 saturated carbocycles. The number of aliphatic hydroxyl groups is 1. The molecule has 3 aromatic rings. The summed E-state index contributed by atoms with van der Waals surface area (Å²) in [6.07, 6.45) is 5.08. The number of hydrogen-bond acceptors (Lipinski definition) is 9. The van der Waals surface area contributed by atoms with Crippen LogP contribution in [0.15, 0.2) is 30.5 Å². The highest BCUT2D eigenvalue weighted by molar-refractivity contribution is 8.00. The third kappa shape index (κ3) is 5.67. The summed E-state index contributed by atoms with van der Waals surface area (Å²) in [4.78, 5) is 13.5. The molecule has 3 fully saturated rings. The molecule has 4 heterocycles. The van der Waals surface area contributed by atoms with Gasteiger partial charge in [0.1, 0.15) is 5.69 Å². The van der Waals surface area contributed by atoms with Gasteiger partial charge in [0.2, 0.25) is 12.4 Å². The highest BCUT2D eigenvalue weighted by Crippen LogP contribution is 2.54. The third-order valence-electron chi connectivity index (χ3n) is 8.19. The standard InChI is InChI=1S/C27H34F2N8OS/c1-18-14-21(31-26(30-18)36-9-4-19(16-36)25(28)29)22-17-37(34-32-22)23-3-2-20(33-39-13-12-38)15-24(23)35-10-7-27(5-6-27)8-11-35/h2-3,14-15,17,19,25,33,38H,4-13,16H2,1H3. The van der Waals surface area contributed by atoms with E-state index >= 15 is 0 Å². The number of alkyl halides is 2. The van der Waals surface area contributed by atoms with E-state index in [-0.39, 0.29) is 13.2 Å². The third-order valence-corrected chi connectivity index (χ3v) is 8.96. The number of rotatable bonds is 9. The van der Waals surface area contributed by atoms with Crippen LogP contribution in [0.5, 0.6) is 0 Å². The van der Waals surface area contributed by atoms with Crippen molar-refractivity contribution in [1.29, 1.82) is 0 Å². The number of piperidine rings is 1. The van der Waals surface area contributed by atoms with Crippen molar-refractivity contribution >= 4 is 29.3 Å². The lowest BCUT2D eigenvalue weighted by Gasteiger charge is -2.35. The number of halogens is 2. The van der Waals surface area contributed by atoms with Crippen LogP contribution >= 0.6 is 11.9 Å². The number of aliphatic hydroxyl groups excluding tert-OH is 1. The molecular weight excluding hydrogens is 522 g/mol. The van der Waals surface area contributed by atoms with Gasteiger partial charge < -0.3 is 19.6 Å². The average molecular weight is 557 g/mol. The molecule has 3 aliphatic rings.